The van der Waals surface area contributed by atoms with E-state index < -0.39 is 0 Å². The Morgan fingerprint density at radius 3 is 2.45 bits per heavy atom. The lowest BCUT2D eigenvalue weighted by atomic mass is 9.93. The molecule has 0 aromatic heterocycles. The maximum absolute atomic E-state index is 3.72. The number of nitrogens with zero attached hydrogens (tertiary/aromatic N) is 1. The molecule has 0 aliphatic carbocycles. The van der Waals surface area contributed by atoms with Crippen LogP contribution in [0.4, 0.5) is 5.69 Å². The van der Waals surface area contributed by atoms with Gasteiger partial charge in [0.15, 0.2) is 0 Å². The highest BCUT2D eigenvalue weighted by Gasteiger charge is 2.31. The Labute approximate surface area is 132 Å². The maximum atomic E-state index is 3.72. The van der Waals surface area contributed by atoms with Gasteiger partial charge >= 0.3 is 0 Å². The molecular formula is C17H27BrN2. The molecule has 1 N–H and O–H groups in total. The lowest BCUT2D eigenvalue weighted by molar-refractivity contribution is 0.295. The fourth-order valence-corrected chi connectivity index (χ4v) is 3.19. The third-order valence-corrected chi connectivity index (χ3v) is 5.32. The summed E-state index contributed by atoms with van der Waals surface area (Å²) in [4.78, 5) is 2.60. The minimum Gasteiger partial charge on any atom is -0.365 e. The van der Waals surface area contributed by atoms with Crippen LogP contribution >= 0.6 is 15.9 Å². The van der Waals surface area contributed by atoms with E-state index in [2.05, 4.69) is 79.0 Å². The quantitative estimate of drug-likeness (QED) is 0.887. The highest BCUT2D eigenvalue weighted by molar-refractivity contribution is 9.10. The van der Waals surface area contributed by atoms with Gasteiger partial charge in [-0.15, -0.1) is 0 Å². The van der Waals surface area contributed by atoms with Gasteiger partial charge in [0.05, 0.1) is 0 Å². The monoisotopic (exact) mass is 338 g/mol. The van der Waals surface area contributed by atoms with Gasteiger partial charge in [-0.2, -0.15) is 0 Å². The number of halogens is 1. The summed E-state index contributed by atoms with van der Waals surface area (Å²) in [5.41, 5.74) is 2.67. The van der Waals surface area contributed by atoms with Gasteiger partial charge in [0.1, 0.15) is 0 Å². The standard InChI is InChI=1S/C17H27BrN2/c1-11(2)16-10-20(17(9-19-16)12(3)4)14-6-7-15(18)13(5)8-14/h6-8,11-12,16-17,19H,9-10H2,1-5H3. The van der Waals surface area contributed by atoms with E-state index in [4.69, 9.17) is 0 Å². The van der Waals surface area contributed by atoms with Crippen molar-refractivity contribution in [1.82, 2.24) is 5.32 Å². The molecule has 1 aromatic carbocycles. The molecule has 1 aromatic rings. The normalized spacial score (nSPS) is 23.7. The van der Waals surface area contributed by atoms with Crippen molar-refractivity contribution in [1.29, 1.82) is 0 Å². The first-order valence-electron chi connectivity index (χ1n) is 7.66. The molecule has 112 valence electrons. The van der Waals surface area contributed by atoms with E-state index in [9.17, 15) is 0 Å². The van der Waals surface area contributed by atoms with Crippen LogP contribution in [-0.2, 0) is 0 Å². The average molecular weight is 339 g/mol. The molecule has 0 spiro atoms. The van der Waals surface area contributed by atoms with Gasteiger partial charge in [-0.3, -0.25) is 0 Å². The van der Waals surface area contributed by atoms with Crippen LogP contribution in [0.2, 0.25) is 0 Å². The number of rotatable bonds is 3. The maximum Gasteiger partial charge on any atom is 0.0438 e. The molecular weight excluding hydrogens is 312 g/mol. The van der Waals surface area contributed by atoms with Crippen LogP contribution in [0.5, 0.6) is 0 Å². The van der Waals surface area contributed by atoms with Crippen LogP contribution in [0.25, 0.3) is 0 Å². The van der Waals surface area contributed by atoms with Crippen molar-refractivity contribution >= 4 is 21.6 Å². The second kappa shape index (κ2) is 6.48. The van der Waals surface area contributed by atoms with Crippen molar-refractivity contribution in [3.8, 4) is 0 Å². The highest BCUT2D eigenvalue weighted by Crippen LogP contribution is 2.28. The molecule has 0 bridgehead atoms. The SMILES string of the molecule is Cc1cc(N2CC(C(C)C)NCC2C(C)C)ccc1Br. The van der Waals surface area contributed by atoms with Gasteiger partial charge in [-0.05, 0) is 42.5 Å². The molecule has 3 heteroatoms. The van der Waals surface area contributed by atoms with Gasteiger partial charge in [-0.25, -0.2) is 0 Å². The second-order valence-corrected chi connectivity index (χ2v) is 7.51. The Morgan fingerprint density at radius 2 is 1.90 bits per heavy atom. The van der Waals surface area contributed by atoms with Gasteiger partial charge in [-0.1, -0.05) is 43.6 Å². The van der Waals surface area contributed by atoms with Crippen molar-refractivity contribution in [3.63, 3.8) is 0 Å². The number of benzene rings is 1. The zero-order valence-electron chi connectivity index (χ0n) is 13.3. The van der Waals surface area contributed by atoms with Gasteiger partial charge in [0.25, 0.3) is 0 Å². The van der Waals surface area contributed by atoms with Crippen molar-refractivity contribution in [2.45, 2.75) is 46.7 Å². The van der Waals surface area contributed by atoms with Gasteiger partial charge in [0, 0.05) is 35.3 Å². The van der Waals surface area contributed by atoms with Crippen molar-refractivity contribution in [2.75, 3.05) is 18.0 Å². The van der Waals surface area contributed by atoms with E-state index in [1.165, 1.54) is 15.7 Å². The first-order chi connectivity index (χ1) is 9.40. The molecule has 2 nitrogen and oxygen atoms in total. The van der Waals surface area contributed by atoms with E-state index in [1.807, 2.05) is 0 Å². The van der Waals surface area contributed by atoms with Crippen LogP contribution in [0.3, 0.4) is 0 Å². The summed E-state index contributed by atoms with van der Waals surface area (Å²) in [5.74, 6) is 1.32. The molecule has 1 aliphatic heterocycles. The third-order valence-electron chi connectivity index (χ3n) is 4.43. The van der Waals surface area contributed by atoms with E-state index in [0.717, 1.165) is 13.1 Å². The third kappa shape index (κ3) is 3.37. The number of piperazine rings is 1. The first-order valence-corrected chi connectivity index (χ1v) is 8.45. The van der Waals surface area contributed by atoms with E-state index in [0.29, 0.717) is 23.9 Å². The summed E-state index contributed by atoms with van der Waals surface area (Å²) in [6.07, 6.45) is 0. The van der Waals surface area contributed by atoms with Crippen LogP contribution in [-0.4, -0.2) is 25.2 Å². The van der Waals surface area contributed by atoms with E-state index >= 15 is 0 Å². The topological polar surface area (TPSA) is 15.3 Å². The number of hydrogen-bond acceptors (Lipinski definition) is 2. The van der Waals surface area contributed by atoms with Crippen LogP contribution in [0.1, 0.15) is 33.3 Å². The average Bonchev–Trinajstić information content (AvgIpc) is 2.41. The lowest BCUT2D eigenvalue weighted by Gasteiger charge is -2.45. The predicted molar refractivity (Wildman–Crippen MR) is 91.5 cm³/mol. The molecule has 1 saturated heterocycles. The predicted octanol–water partition coefficient (Wildman–Crippen LogP) is 4.22. The van der Waals surface area contributed by atoms with Crippen molar-refractivity contribution in [3.05, 3.63) is 28.2 Å². The minimum absolute atomic E-state index is 0.575. The largest absolute Gasteiger partial charge is 0.365 e. The molecule has 0 radical (unpaired) electrons. The van der Waals surface area contributed by atoms with Crippen LogP contribution in [0, 0.1) is 18.8 Å². The Kier molecular flexibility index (Phi) is 5.14. The Hall–Kier alpha value is -0.540. The Balaban J connectivity index is 2.28. The highest BCUT2D eigenvalue weighted by atomic mass is 79.9. The lowest BCUT2D eigenvalue weighted by Crippen LogP contribution is -2.60. The molecule has 1 heterocycles. The van der Waals surface area contributed by atoms with Crippen molar-refractivity contribution in [2.24, 2.45) is 11.8 Å². The number of anilines is 1. The molecule has 0 amide bonds. The Bertz CT molecular complexity index is 456. The molecule has 1 aliphatic rings. The smallest absolute Gasteiger partial charge is 0.0438 e. The summed E-state index contributed by atoms with van der Waals surface area (Å²) in [7, 11) is 0. The second-order valence-electron chi connectivity index (χ2n) is 6.66. The molecule has 20 heavy (non-hydrogen) atoms. The van der Waals surface area contributed by atoms with Gasteiger partial charge < -0.3 is 10.2 Å². The molecule has 2 atom stereocenters. The molecule has 2 unspecified atom stereocenters. The molecule has 2 rings (SSSR count). The van der Waals surface area contributed by atoms with Crippen LogP contribution < -0.4 is 10.2 Å². The summed E-state index contributed by atoms with van der Waals surface area (Å²) >= 11 is 3.60. The van der Waals surface area contributed by atoms with Gasteiger partial charge in [0.2, 0.25) is 0 Å². The van der Waals surface area contributed by atoms with E-state index in [1.54, 1.807) is 0 Å². The van der Waals surface area contributed by atoms with Crippen molar-refractivity contribution < 1.29 is 0 Å². The van der Waals surface area contributed by atoms with Crippen LogP contribution in [0.15, 0.2) is 22.7 Å². The van der Waals surface area contributed by atoms with E-state index in [-0.39, 0.29) is 0 Å². The Morgan fingerprint density at radius 1 is 1.20 bits per heavy atom. The summed E-state index contributed by atoms with van der Waals surface area (Å²) in [6, 6.07) is 7.88. The fourth-order valence-electron chi connectivity index (χ4n) is 2.94. The number of aryl methyl sites for hydroxylation is 1. The number of hydrogen-bond donors (Lipinski definition) is 1. The zero-order chi connectivity index (χ0) is 14.9. The zero-order valence-corrected chi connectivity index (χ0v) is 14.9. The number of nitrogens with one attached hydrogen (secondary N) is 1. The molecule has 1 fully saturated rings. The summed E-state index contributed by atoms with van der Waals surface area (Å²) in [5, 5.41) is 3.72. The first kappa shape index (κ1) is 15.8. The fraction of sp³-hybridized carbons (Fsp3) is 0.647. The summed E-state index contributed by atoms with van der Waals surface area (Å²) < 4.78 is 1.19. The molecule has 0 saturated carbocycles. The summed E-state index contributed by atoms with van der Waals surface area (Å²) in [6.45, 7) is 13.6. The minimum atomic E-state index is 0.575.